The summed E-state index contributed by atoms with van der Waals surface area (Å²) in [6.07, 6.45) is 0.601. The van der Waals surface area contributed by atoms with Crippen LogP contribution in [-0.2, 0) is 16.1 Å². The normalized spacial score (nSPS) is 12.3. The number of ether oxygens (including phenoxy) is 1. The van der Waals surface area contributed by atoms with E-state index in [2.05, 4.69) is 0 Å². The van der Waals surface area contributed by atoms with Gasteiger partial charge in [0.05, 0.1) is 19.1 Å². The van der Waals surface area contributed by atoms with Gasteiger partial charge in [-0.1, -0.05) is 37.3 Å². The zero-order valence-corrected chi connectivity index (χ0v) is 8.85. The van der Waals surface area contributed by atoms with Gasteiger partial charge in [0.15, 0.2) is 0 Å². The van der Waals surface area contributed by atoms with Crippen molar-refractivity contribution in [2.24, 2.45) is 5.92 Å². The van der Waals surface area contributed by atoms with Crippen molar-refractivity contribution in [2.45, 2.75) is 20.0 Å². The van der Waals surface area contributed by atoms with Crippen molar-refractivity contribution >= 4 is 5.97 Å². The predicted molar refractivity (Wildman–Crippen MR) is 57.5 cm³/mol. The standard InChI is InChI=1S/C12H16O3/c1-2-11(12(13)14)9-15-8-10-6-4-3-5-7-10/h3-7,11H,2,8-9H2,1H3,(H,13,14). The Morgan fingerprint density at radius 3 is 2.60 bits per heavy atom. The van der Waals surface area contributed by atoms with E-state index < -0.39 is 11.9 Å². The number of aliphatic carboxylic acids is 1. The maximum absolute atomic E-state index is 10.7. The van der Waals surface area contributed by atoms with Crippen molar-refractivity contribution < 1.29 is 14.6 Å². The second kappa shape index (κ2) is 6.19. The molecule has 15 heavy (non-hydrogen) atoms. The molecule has 1 N–H and O–H groups in total. The average molecular weight is 208 g/mol. The monoisotopic (exact) mass is 208 g/mol. The van der Waals surface area contributed by atoms with Crippen molar-refractivity contribution in [1.82, 2.24) is 0 Å². The predicted octanol–water partition coefficient (Wildman–Crippen LogP) is 2.31. The van der Waals surface area contributed by atoms with Crippen LogP contribution in [0, 0.1) is 5.92 Å². The van der Waals surface area contributed by atoms with E-state index >= 15 is 0 Å². The van der Waals surface area contributed by atoms with E-state index in [1.165, 1.54) is 0 Å². The van der Waals surface area contributed by atoms with E-state index in [1.54, 1.807) is 0 Å². The van der Waals surface area contributed by atoms with Crippen LogP contribution in [0.15, 0.2) is 30.3 Å². The van der Waals surface area contributed by atoms with Gasteiger partial charge < -0.3 is 9.84 Å². The SMILES string of the molecule is CCC(COCc1ccccc1)C(=O)O. The first kappa shape index (κ1) is 11.7. The molecule has 1 rings (SSSR count). The largest absolute Gasteiger partial charge is 0.481 e. The maximum atomic E-state index is 10.7. The molecule has 0 saturated carbocycles. The van der Waals surface area contributed by atoms with Crippen LogP contribution in [0.25, 0.3) is 0 Å². The summed E-state index contributed by atoms with van der Waals surface area (Å²) < 4.78 is 5.35. The summed E-state index contributed by atoms with van der Waals surface area (Å²) in [5.41, 5.74) is 1.07. The molecule has 0 aliphatic heterocycles. The van der Waals surface area contributed by atoms with Crippen LogP contribution in [0.5, 0.6) is 0 Å². The Labute approximate surface area is 89.7 Å². The van der Waals surface area contributed by atoms with E-state index in [0.29, 0.717) is 13.0 Å². The fourth-order valence-electron chi connectivity index (χ4n) is 1.26. The van der Waals surface area contributed by atoms with Crippen LogP contribution in [0.1, 0.15) is 18.9 Å². The Kier molecular flexibility index (Phi) is 4.84. The van der Waals surface area contributed by atoms with Gasteiger partial charge in [0.25, 0.3) is 0 Å². The van der Waals surface area contributed by atoms with Crippen molar-refractivity contribution in [3.63, 3.8) is 0 Å². The zero-order chi connectivity index (χ0) is 11.1. The van der Waals surface area contributed by atoms with Crippen LogP contribution >= 0.6 is 0 Å². The van der Waals surface area contributed by atoms with E-state index in [-0.39, 0.29) is 6.61 Å². The molecular formula is C12H16O3. The molecular weight excluding hydrogens is 192 g/mol. The van der Waals surface area contributed by atoms with Crippen LogP contribution in [0.2, 0.25) is 0 Å². The number of hydrogen-bond acceptors (Lipinski definition) is 2. The summed E-state index contributed by atoms with van der Waals surface area (Å²) in [5, 5.41) is 8.79. The summed E-state index contributed by atoms with van der Waals surface area (Å²) in [7, 11) is 0. The topological polar surface area (TPSA) is 46.5 Å². The maximum Gasteiger partial charge on any atom is 0.308 e. The van der Waals surface area contributed by atoms with E-state index in [1.807, 2.05) is 37.3 Å². The highest BCUT2D eigenvalue weighted by Crippen LogP contribution is 2.06. The van der Waals surface area contributed by atoms with E-state index in [0.717, 1.165) is 5.56 Å². The van der Waals surface area contributed by atoms with Crippen LogP contribution in [-0.4, -0.2) is 17.7 Å². The molecule has 82 valence electrons. The minimum atomic E-state index is -0.787. The summed E-state index contributed by atoms with van der Waals surface area (Å²) in [6.45, 7) is 2.61. The number of rotatable bonds is 6. The molecule has 0 amide bonds. The number of carboxylic acid groups (broad SMARTS) is 1. The Hall–Kier alpha value is -1.35. The first-order valence-electron chi connectivity index (χ1n) is 5.08. The fourth-order valence-corrected chi connectivity index (χ4v) is 1.26. The van der Waals surface area contributed by atoms with E-state index in [9.17, 15) is 4.79 Å². The van der Waals surface area contributed by atoms with E-state index in [4.69, 9.17) is 9.84 Å². The van der Waals surface area contributed by atoms with Crippen LogP contribution < -0.4 is 0 Å². The molecule has 1 unspecified atom stereocenters. The molecule has 0 fully saturated rings. The third-order valence-corrected chi connectivity index (χ3v) is 2.27. The first-order chi connectivity index (χ1) is 7.24. The molecule has 3 heteroatoms. The van der Waals surface area contributed by atoms with Crippen LogP contribution in [0.3, 0.4) is 0 Å². The van der Waals surface area contributed by atoms with Gasteiger partial charge in [-0.15, -0.1) is 0 Å². The number of benzene rings is 1. The Morgan fingerprint density at radius 2 is 2.07 bits per heavy atom. The molecule has 0 radical (unpaired) electrons. The van der Waals surface area contributed by atoms with Gasteiger partial charge in [-0.05, 0) is 12.0 Å². The minimum Gasteiger partial charge on any atom is -0.481 e. The number of hydrogen-bond donors (Lipinski definition) is 1. The highest BCUT2D eigenvalue weighted by Gasteiger charge is 2.14. The Bertz CT molecular complexity index is 295. The van der Waals surface area contributed by atoms with Gasteiger partial charge in [0.2, 0.25) is 0 Å². The molecule has 1 aromatic carbocycles. The second-order valence-corrected chi connectivity index (χ2v) is 3.44. The van der Waals surface area contributed by atoms with Gasteiger partial charge in [-0.2, -0.15) is 0 Å². The summed E-state index contributed by atoms with van der Waals surface area (Å²) in [6, 6.07) is 9.74. The van der Waals surface area contributed by atoms with Gasteiger partial charge in [0.1, 0.15) is 0 Å². The molecule has 0 saturated heterocycles. The quantitative estimate of drug-likeness (QED) is 0.780. The average Bonchev–Trinajstić information content (AvgIpc) is 2.25. The molecule has 1 atom stereocenters. The zero-order valence-electron chi connectivity index (χ0n) is 8.85. The van der Waals surface area contributed by atoms with Gasteiger partial charge in [0, 0.05) is 0 Å². The Balaban J connectivity index is 2.30. The van der Waals surface area contributed by atoms with Crippen molar-refractivity contribution in [2.75, 3.05) is 6.61 Å². The van der Waals surface area contributed by atoms with Crippen molar-refractivity contribution in [3.05, 3.63) is 35.9 Å². The lowest BCUT2D eigenvalue weighted by Gasteiger charge is -2.10. The van der Waals surface area contributed by atoms with Crippen LogP contribution in [0.4, 0.5) is 0 Å². The van der Waals surface area contributed by atoms with Gasteiger partial charge in [-0.3, -0.25) is 4.79 Å². The molecule has 0 bridgehead atoms. The molecule has 0 heterocycles. The lowest BCUT2D eigenvalue weighted by molar-refractivity contribution is -0.144. The van der Waals surface area contributed by atoms with Gasteiger partial charge >= 0.3 is 5.97 Å². The third-order valence-electron chi connectivity index (χ3n) is 2.27. The summed E-state index contributed by atoms with van der Waals surface area (Å²) in [4.78, 5) is 10.7. The van der Waals surface area contributed by atoms with Crippen molar-refractivity contribution in [3.8, 4) is 0 Å². The molecule has 3 nitrogen and oxygen atoms in total. The minimum absolute atomic E-state index is 0.278. The summed E-state index contributed by atoms with van der Waals surface area (Å²) in [5.74, 6) is -1.18. The molecule has 1 aromatic rings. The molecule has 0 aliphatic carbocycles. The fraction of sp³-hybridized carbons (Fsp3) is 0.417. The third kappa shape index (κ3) is 4.13. The van der Waals surface area contributed by atoms with Crippen molar-refractivity contribution in [1.29, 1.82) is 0 Å². The Morgan fingerprint density at radius 1 is 1.40 bits per heavy atom. The molecule has 0 spiro atoms. The highest BCUT2D eigenvalue weighted by atomic mass is 16.5. The molecule has 0 aliphatic rings. The number of carbonyl (C=O) groups is 1. The summed E-state index contributed by atoms with van der Waals surface area (Å²) >= 11 is 0. The lowest BCUT2D eigenvalue weighted by Crippen LogP contribution is -2.18. The number of carboxylic acids is 1. The smallest absolute Gasteiger partial charge is 0.308 e. The second-order valence-electron chi connectivity index (χ2n) is 3.44. The van der Waals surface area contributed by atoms with Gasteiger partial charge in [-0.25, -0.2) is 0 Å². The lowest BCUT2D eigenvalue weighted by atomic mass is 10.1. The molecule has 0 aromatic heterocycles. The highest BCUT2D eigenvalue weighted by molar-refractivity contribution is 5.69. The first-order valence-corrected chi connectivity index (χ1v) is 5.08.